The second kappa shape index (κ2) is 8.03. The van der Waals surface area contributed by atoms with Gasteiger partial charge in [0.15, 0.2) is 5.79 Å². The summed E-state index contributed by atoms with van der Waals surface area (Å²) in [5.74, 6) is -0.829. The van der Waals surface area contributed by atoms with Crippen LogP contribution < -0.4 is 0 Å². The fraction of sp³-hybridized carbons (Fsp3) is 0.611. The highest BCUT2D eigenvalue weighted by molar-refractivity contribution is 5.79. The van der Waals surface area contributed by atoms with Crippen LogP contribution in [-0.2, 0) is 14.3 Å². The molecule has 1 saturated heterocycles. The van der Waals surface area contributed by atoms with E-state index in [0.29, 0.717) is 12.0 Å². The van der Waals surface area contributed by atoms with Crippen LogP contribution in [0.4, 0.5) is 5.69 Å². The zero-order valence-corrected chi connectivity index (χ0v) is 14.8. The molecule has 0 aromatic heterocycles. The third-order valence-corrected chi connectivity index (χ3v) is 4.25. The van der Waals surface area contributed by atoms with Gasteiger partial charge in [-0.3, -0.25) is 14.9 Å². The molecule has 1 fully saturated rings. The average Bonchev–Trinajstić information content (AvgIpc) is 2.53. The van der Waals surface area contributed by atoms with Gasteiger partial charge in [-0.05, 0) is 38.0 Å². The van der Waals surface area contributed by atoms with E-state index in [1.807, 2.05) is 20.8 Å². The number of Topliss-reactive ketones (excluding diaryl/α,β-unsaturated/α-hetero) is 1. The molecule has 3 atom stereocenters. The van der Waals surface area contributed by atoms with Crippen LogP contribution in [0.25, 0.3) is 0 Å². The summed E-state index contributed by atoms with van der Waals surface area (Å²) in [7, 11) is 0. The molecule has 0 bridgehead atoms. The molecule has 138 valence electrons. The van der Waals surface area contributed by atoms with Gasteiger partial charge in [-0.2, -0.15) is 0 Å². The van der Waals surface area contributed by atoms with E-state index in [1.165, 1.54) is 24.3 Å². The third kappa shape index (κ3) is 5.59. The number of aliphatic hydroxyl groups excluding tert-OH is 1. The molecule has 1 aliphatic heterocycles. The maximum absolute atomic E-state index is 12.3. The normalized spacial score (nSPS) is 23.8. The molecule has 1 heterocycles. The van der Waals surface area contributed by atoms with E-state index in [1.54, 1.807) is 0 Å². The van der Waals surface area contributed by atoms with Crippen molar-refractivity contribution in [2.75, 3.05) is 0 Å². The molecule has 7 nitrogen and oxygen atoms in total. The van der Waals surface area contributed by atoms with Crippen molar-refractivity contribution in [2.45, 2.75) is 70.6 Å². The number of nitrogens with zero attached hydrogens (tertiary/aromatic N) is 1. The van der Waals surface area contributed by atoms with E-state index < -0.39 is 16.8 Å². The second-order valence-corrected chi connectivity index (χ2v) is 6.83. The lowest BCUT2D eigenvalue weighted by Gasteiger charge is -2.40. The van der Waals surface area contributed by atoms with Crippen molar-refractivity contribution in [3.8, 4) is 0 Å². The lowest BCUT2D eigenvalue weighted by atomic mass is 9.97. The zero-order chi connectivity index (χ0) is 18.6. The summed E-state index contributed by atoms with van der Waals surface area (Å²) in [5.41, 5.74) is 0.435. The summed E-state index contributed by atoms with van der Waals surface area (Å²) in [6.45, 7) is 5.69. The van der Waals surface area contributed by atoms with Crippen molar-refractivity contribution in [1.82, 2.24) is 0 Å². The first-order chi connectivity index (χ1) is 11.7. The van der Waals surface area contributed by atoms with Crippen LogP contribution in [0, 0.1) is 10.1 Å². The van der Waals surface area contributed by atoms with Gasteiger partial charge in [-0.25, -0.2) is 0 Å². The highest BCUT2D eigenvalue weighted by atomic mass is 16.7. The number of non-ortho nitro benzene ring substituents is 1. The number of hydrogen-bond donors (Lipinski definition) is 1. The Balaban J connectivity index is 1.91. The molecular formula is C18H25NO6. The van der Waals surface area contributed by atoms with E-state index in [0.717, 1.165) is 6.42 Å². The van der Waals surface area contributed by atoms with Gasteiger partial charge < -0.3 is 14.6 Å². The van der Waals surface area contributed by atoms with Crippen LogP contribution in [0.5, 0.6) is 0 Å². The average molecular weight is 351 g/mol. The Labute approximate surface area is 147 Å². The summed E-state index contributed by atoms with van der Waals surface area (Å²) in [4.78, 5) is 22.4. The molecule has 0 radical (unpaired) electrons. The van der Waals surface area contributed by atoms with E-state index in [2.05, 4.69) is 0 Å². The van der Waals surface area contributed by atoms with Gasteiger partial charge in [-0.1, -0.05) is 6.92 Å². The first kappa shape index (κ1) is 19.5. The number of hydrogen-bond acceptors (Lipinski definition) is 6. The number of ketones is 1. The molecule has 0 spiro atoms. The van der Waals surface area contributed by atoms with Crippen molar-refractivity contribution in [1.29, 1.82) is 0 Å². The molecular weight excluding hydrogens is 326 g/mol. The van der Waals surface area contributed by atoms with Gasteiger partial charge in [0.05, 0.1) is 23.2 Å². The van der Waals surface area contributed by atoms with Crippen molar-refractivity contribution < 1.29 is 24.3 Å². The minimum Gasteiger partial charge on any atom is -0.388 e. The highest BCUT2D eigenvalue weighted by Crippen LogP contribution is 2.30. The molecule has 1 aromatic rings. The molecule has 0 aliphatic carbocycles. The number of carbonyl (C=O) groups is 1. The summed E-state index contributed by atoms with van der Waals surface area (Å²) < 4.78 is 11.6. The predicted molar refractivity (Wildman–Crippen MR) is 91.0 cm³/mol. The van der Waals surface area contributed by atoms with E-state index in [4.69, 9.17) is 9.47 Å². The number of aliphatic hydroxyl groups is 1. The van der Waals surface area contributed by atoms with Crippen LogP contribution in [-0.4, -0.2) is 33.8 Å². The summed E-state index contributed by atoms with van der Waals surface area (Å²) in [6.07, 6.45) is 0.514. The van der Waals surface area contributed by atoms with Gasteiger partial charge in [-0.15, -0.1) is 0 Å². The number of nitro groups is 1. The fourth-order valence-electron chi connectivity index (χ4n) is 3.08. The molecule has 1 N–H and O–H groups in total. The Morgan fingerprint density at radius 3 is 2.48 bits per heavy atom. The number of ether oxygens (including phenoxy) is 2. The zero-order valence-electron chi connectivity index (χ0n) is 14.8. The van der Waals surface area contributed by atoms with Crippen LogP contribution in [0.3, 0.4) is 0 Å². The van der Waals surface area contributed by atoms with Gasteiger partial charge in [0.2, 0.25) is 0 Å². The van der Waals surface area contributed by atoms with Crippen molar-refractivity contribution in [3.63, 3.8) is 0 Å². The Morgan fingerprint density at radius 1 is 1.32 bits per heavy atom. The Morgan fingerprint density at radius 2 is 1.92 bits per heavy atom. The molecule has 2 rings (SSSR count). The first-order valence-electron chi connectivity index (χ1n) is 8.50. The Hall–Kier alpha value is -1.83. The van der Waals surface area contributed by atoms with Crippen molar-refractivity contribution in [2.24, 2.45) is 0 Å². The van der Waals surface area contributed by atoms with E-state index in [9.17, 15) is 20.0 Å². The smallest absolute Gasteiger partial charge is 0.269 e. The van der Waals surface area contributed by atoms with Crippen LogP contribution in [0.15, 0.2) is 24.3 Å². The number of rotatable bonds is 7. The minimum absolute atomic E-state index is 0.0459. The Bertz CT molecular complexity index is 612. The van der Waals surface area contributed by atoms with E-state index in [-0.39, 0.29) is 36.5 Å². The molecule has 25 heavy (non-hydrogen) atoms. The SMILES string of the molecule is CC[C@@H]1C[C@H](CC(=O)C[C@H](O)c2ccc([N+](=O)[O-])cc2)OC(C)(C)O1. The molecule has 0 amide bonds. The topological polar surface area (TPSA) is 98.9 Å². The monoisotopic (exact) mass is 351 g/mol. The maximum Gasteiger partial charge on any atom is 0.269 e. The summed E-state index contributed by atoms with van der Waals surface area (Å²) in [6, 6.07) is 5.58. The van der Waals surface area contributed by atoms with Crippen LogP contribution in [0.2, 0.25) is 0 Å². The number of nitro benzene ring substituents is 1. The van der Waals surface area contributed by atoms with Gasteiger partial charge in [0.1, 0.15) is 5.78 Å². The largest absolute Gasteiger partial charge is 0.388 e. The Kier molecular flexibility index (Phi) is 6.26. The van der Waals surface area contributed by atoms with Crippen LogP contribution >= 0.6 is 0 Å². The van der Waals surface area contributed by atoms with E-state index >= 15 is 0 Å². The summed E-state index contributed by atoms with van der Waals surface area (Å²) in [5, 5.41) is 20.8. The minimum atomic E-state index is -0.983. The lowest BCUT2D eigenvalue weighted by molar-refractivity contribution is -0.384. The van der Waals surface area contributed by atoms with Crippen molar-refractivity contribution >= 4 is 11.5 Å². The van der Waals surface area contributed by atoms with Gasteiger partial charge in [0.25, 0.3) is 5.69 Å². The molecule has 7 heteroatoms. The fourth-order valence-corrected chi connectivity index (χ4v) is 3.08. The quantitative estimate of drug-likeness (QED) is 0.598. The first-order valence-corrected chi connectivity index (χ1v) is 8.50. The summed E-state index contributed by atoms with van der Waals surface area (Å²) >= 11 is 0. The standard InChI is InChI=1S/C18H25NO6/c1-4-15-11-16(25-18(2,3)24-15)9-14(20)10-17(21)12-5-7-13(8-6-12)19(22)23/h5-8,15-17,21H,4,9-11H2,1-3H3/t15-,16+,17+/m1/s1. The molecule has 0 unspecified atom stereocenters. The third-order valence-electron chi connectivity index (χ3n) is 4.25. The number of carbonyl (C=O) groups excluding carboxylic acids is 1. The lowest BCUT2D eigenvalue weighted by Crippen LogP contribution is -2.45. The van der Waals surface area contributed by atoms with Crippen molar-refractivity contribution in [3.05, 3.63) is 39.9 Å². The van der Waals surface area contributed by atoms with Gasteiger partial charge in [0, 0.05) is 31.4 Å². The van der Waals surface area contributed by atoms with Crippen LogP contribution in [0.1, 0.15) is 58.1 Å². The van der Waals surface area contributed by atoms with Gasteiger partial charge >= 0.3 is 0 Å². The maximum atomic E-state index is 12.3. The second-order valence-electron chi connectivity index (χ2n) is 6.83. The predicted octanol–water partition coefficient (Wildman–Crippen LogP) is 3.30. The molecule has 0 saturated carbocycles. The number of benzene rings is 1. The highest BCUT2D eigenvalue weighted by Gasteiger charge is 2.35. The molecule has 1 aliphatic rings. The molecule has 1 aromatic carbocycles.